The molecular formula is C22H24N2O4. The molecule has 1 atom stereocenters. The van der Waals surface area contributed by atoms with Crippen LogP contribution >= 0.6 is 0 Å². The number of carboxylic acids is 1. The molecule has 1 unspecified atom stereocenters. The Morgan fingerprint density at radius 3 is 2.50 bits per heavy atom. The van der Waals surface area contributed by atoms with Crippen molar-refractivity contribution in [2.24, 2.45) is 0 Å². The zero-order valence-corrected chi connectivity index (χ0v) is 15.6. The average molecular weight is 380 g/mol. The lowest BCUT2D eigenvalue weighted by Crippen LogP contribution is -2.39. The molecule has 0 aliphatic carbocycles. The van der Waals surface area contributed by atoms with Gasteiger partial charge in [0.15, 0.2) is 0 Å². The second kappa shape index (κ2) is 9.17. The molecule has 1 saturated heterocycles. The molecular weight excluding hydrogens is 356 g/mol. The number of amides is 2. The molecule has 2 aromatic rings. The molecule has 146 valence electrons. The molecule has 28 heavy (non-hydrogen) atoms. The molecule has 2 amide bonds. The number of aromatic carboxylic acids is 1. The summed E-state index contributed by atoms with van der Waals surface area (Å²) in [5, 5.41) is 12.1. The van der Waals surface area contributed by atoms with Crippen molar-refractivity contribution in [2.45, 2.75) is 31.7 Å². The number of nitrogens with zero attached hydrogens (tertiary/aromatic N) is 1. The highest BCUT2D eigenvalue weighted by molar-refractivity contribution is 5.91. The van der Waals surface area contributed by atoms with Crippen molar-refractivity contribution < 1.29 is 19.5 Å². The standard InChI is InChI=1S/C22H24N2O4/c25-20(14-17-8-4-5-9-19(17)22(27)28)23-18-12-13-24(15-18)21(26)11-10-16-6-2-1-3-7-16/h1-9,18H,10-15H2,(H,23,25)(H,27,28). The minimum atomic E-state index is -1.04. The van der Waals surface area contributed by atoms with Crippen molar-refractivity contribution in [3.8, 4) is 0 Å². The molecule has 2 N–H and O–H groups in total. The summed E-state index contributed by atoms with van der Waals surface area (Å²) in [5.41, 5.74) is 1.76. The first-order chi connectivity index (χ1) is 13.5. The van der Waals surface area contributed by atoms with Crippen molar-refractivity contribution in [1.82, 2.24) is 10.2 Å². The van der Waals surface area contributed by atoms with E-state index in [1.54, 1.807) is 23.1 Å². The number of rotatable bonds is 7. The van der Waals surface area contributed by atoms with Crippen LogP contribution in [-0.2, 0) is 22.4 Å². The Hall–Kier alpha value is -3.15. The number of carbonyl (C=O) groups is 3. The van der Waals surface area contributed by atoms with Crippen LogP contribution in [0, 0.1) is 0 Å². The lowest BCUT2D eigenvalue weighted by atomic mass is 10.0. The van der Waals surface area contributed by atoms with Gasteiger partial charge in [-0.05, 0) is 30.0 Å². The van der Waals surface area contributed by atoms with E-state index in [0.717, 1.165) is 5.56 Å². The summed E-state index contributed by atoms with van der Waals surface area (Å²) in [7, 11) is 0. The fourth-order valence-corrected chi connectivity index (χ4v) is 3.49. The van der Waals surface area contributed by atoms with Gasteiger partial charge in [-0.2, -0.15) is 0 Å². The number of carbonyl (C=O) groups excluding carboxylic acids is 2. The number of likely N-dealkylation sites (tertiary alicyclic amines) is 1. The Morgan fingerprint density at radius 1 is 1.04 bits per heavy atom. The number of benzene rings is 2. The molecule has 6 heteroatoms. The third-order valence-corrected chi connectivity index (χ3v) is 4.98. The summed E-state index contributed by atoms with van der Waals surface area (Å²) < 4.78 is 0. The Labute approximate surface area is 164 Å². The van der Waals surface area contributed by atoms with Gasteiger partial charge >= 0.3 is 5.97 Å². The van der Waals surface area contributed by atoms with Crippen LogP contribution in [0.1, 0.15) is 34.3 Å². The largest absolute Gasteiger partial charge is 0.478 e. The van der Waals surface area contributed by atoms with Crippen LogP contribution < -0.4 is 5.32 Å². The molecule has 3 rings (SSSR count). The van der Waals surface area contributed by atoms with E-state index in [9.17, 15) is 19.5 Å². The molecule has 2 aromatic carbocycles. The third-order valence-electron chi connectivity index (χ3n) is 4.98. The highest BCUT2D eigenvalue weighted by Gasteiger charge is 2.27. The molecule has 0 bridgehead atoms. The van der Waals surface area contributed by atoms with Gasteiger partial charge in [-0.3, -0.25) is 9.59 Å². The zero-order chi connectivity index (χ0) is 19.9. The highest BCUT2D eigenvalue weighted by Crippen LogP contribution is 2.14. The molecule has 0 spiro atoms. The topological polar surface area (TPSA) is 86.7 Å². The second-order valence-corrected chi connectivity index (χ2v) is 7.02. The summed E-state index contributed by atoms with van der Waals surface area (Å²) in [4.78, 5) is 37.8. The summed E-state index contributed by atoms with van der Waals surface area (Å²) >= 11 is 0. The molecule has 0 aromatic heterocycles. The smallest absolute Gasteiger partial charge is 0.335 e. The number of aryl methyl sites for hydroxylation is 1. The SMILES string of the molecule is O=C(Cc1ccccc1C(=O)O)NC1CCN(C(=O)CCc2ccccc2)C1. The van der Waals surface area contributed by atoms with Crippen molar-refractivity contribution in [3.05, 3.63) is 71.3 Å². The zero-order valence-electron chi connectivity index (χ0n) is 15.6. The first-order valence-electron chi connectivity index (χ1n) is 9.45. The van der Waals surface area contributed by atoms with E-state index in [-0.39, 0.29) is 29.8 Å². The Kier molecular flexibility index (Phi) is 6.42. The van der Waals surface area contributed by atoms with E-state index in [1.807, 2.05) is 30.3 Å². The number of hydrogen-bond donors (Lipinski definition) is 2. The monoisotopic (exact) mass is 380 g/mol. The van der Waals surface area contributed by atoms with Crippen LogP contribution in [0.2, 0.25) is 0 Å². The first kappa shape index (κ1) is 19.6. The van der Waals surface area contributed by atoms with Gasteiger partial charge in [0.2, 0.25) is 11.8 Å². The summed E-state index contributed by atoms with van der Waals surface area (Å²) in [6.07, 6.45) is 1.89. The van der Waals surface area contributed by atoms with Gasteiger partial charge in [-0.25, -0.2) is 4.79 Å². The van der Waals surface area contributed by atoms with Gasteiger partial charge < -0.3 is 15.3 Å². The molecule has 1 aliphatic rings. The summed E-state index contributed by atoms with van der Waals surface area (Å²) in [5.74, 6) is -1.17. The van der Waals surface area contributed by atoms with Gasteiger partial charge in [0.05, 0.1) is 12.0 Å². The van der Waals surface area contributed by atoms with Crippen LogP contribution in [-0.4, -0.2) is 46.9 Å². The maximum absolute atomic E-state index is 12.4. The van der Waals surface area contributed by atoms with Gasteiger partial charge in [0.1, 0.15) is 0 Å². The predicted molar refractivity (Wildman–Crippen MR) is 105 cm³/mol. The Balaban J connectivity index is 1.47. The van der Waals surface area contributed by atoms with E-state index in [0.29, 0.717) is 37.9 Å². The third kappa shape index (κ3) is 5.19. The highest BCUT2D eigenvalue weighted by atomic mass is 16.4. The summed E-state index contributed by atoms with van der Waals surface area (Å²) in [6.45, 7) is 1.13. The van der Waals surface area contributed by atoms with Crippen molar-refractivity contribution in [2.75, 3.05) is 13.1 Å². The Morgan fingerprint density at radius 2 is 1.75 bits per heavy atom. The quantitative estimate of drug-likeness (QED) is 0.772. The predicted octanol–water partition coefficient (Wildman–Crippen LogP) is 2.28. The fraction of sp³-hybridized carbons (Fsp3) is 0.318. The average Bonchev–Trinajstić information content (AvgIpc) is 3.15. The van der Waals surface area contributed by atoms with E-state index in [4.69, 9.17) is 0 Å². The molecule has 1 heterocycles. The van der Waals surface area contributed by atoms with Gasteiger partial charge in [-0.15, -0.1) is 0 Å². The van der Waals surface area contributed by atoms with E-state index in [1.165, 1.54) is 6.07 Å². The summed E-state index contributed by atoms with van der Waals surface area (Å²) in [6, 6.07) is 16.3. The van der Waals surface area contributed by atoms with Crippen molar-refractivity contribution >= 4 is 17.8 Å². The molecule has 0 radical (unpaired) electrons. The number of hydrogen-bond acceptors (Lipinski definition) is 3. The molecule has 1 fully saturated rings. The van der Waals surface area contributed by atoms with Gasteiger partial charge in [-0.1, -0.05) is 48.5 Å². The molecule has 6 nitrogen and oxygen atoms in total. The van der Waals surface area contributed by atoms with Crippen molar-refractivity contribution in [3.63, 3.8) is 0 Å². The van der Waals surface area contributed by atoms with Crippen LogP contribution in [0.25, 0.3) is 0 Å². The minimum absolute atomic E-state index is 0.0148. The lowest BCUT2D eigenvalue weighted by molar-refractivity contribution is -0.130. The molecule has 1 aliphatic heterocycles. The lowest BCUT2D eigenvalue weighted by Gasteiger charge is -2.17. The van der Waals surface area contributed by atoms with E-state index in [2.05, 4.69) is 5.32 Å². The van der Waals surface area contributed by atoms with Crippen LogP contribution in [0.4, 0.5) is 0 Å². The van der Waals surface area contributed by atoms with E-state index < -0.39 is 5.97 Å². The maximum Gasteiger partial charge on any atom is 0.335 e. The van der Waals surface area contributed by atoms with Crippen molar-refractivity contribution in [1.29, 1.82) is 0 Å². The maximum atomic E-state index is 12.4. The van der Waals surface area contributed by atoms with Gasteiger partial charge in [0, 0.05) is 25.6 Å². The van der Waals surface area contributed by atoms with Crippen LogP contribution in [0.3, 0.4) is 0 Å². The van der Waals surface area contributed by atoms with Crippen LogP contribution in [0.15, 0.2) is 54.6 Å². The van der Waals surface area contributed by atoms with Gasteiger partial charge in [0.25, 0.3) is 0 Å². The first-order valence-corrected chi connectivity index (χ1v) is 9.45. The van der Waals surface area contributed by atoms with E-state index >= 15 is 0 Å². The number of nitrogens with one attached hydrogen (secondary N) is 1. The normalized spacial score (nSPS) is 16.0. The number of carboxylic acid groups (broad SMARTS) is 1. The molecule has 0 saturated carbocycles. The minimum Gasteiger partial charge on any atom is -0.478 e. The van der Waals surface area contributed by atoms with Crippen LogP contribution in [0.5, 0.6) is 0 Å². The fourth-order valence-electron chi connectivity index (χ4n) is 3.49. The Bertz CT molecular complexity index is 851. The second-order valence-electron chi connectivity index (χ2n) is 7.02.